The number of fused-ring (bicyclic) bond motifs is 1. The number of aromatic nitrogens is 1. The summed E-state index contributed by atoms with van der Waals surface area (Å²) in [4.78, 5) is 17.2. The molecule has 0 radical (unpaired) electrons. The first-order valence-electron chi connectivity index (χ1n) is 8.16. The first-order chi connectivity index (χ1) is 12.7. The third kappa shape index (κ3) is 4.23. The van der Waals surface area contributed by atoms with Gasteiger partial charge in [0.1, 0.15) is 9.90 Å². The molecular weight excluding hydrogens is 384 g/mol. The summed E-state index contributed by atoms with van der Waals surface area (Å²) in [5.41, 5.74) is -0.183. The molecule has 6 nitrogen and oxygen atoms in total. The lowest BCUT2D eigenvalue weighted by Crippen LogP contribution is -2.29. The fourth-order valence-corrected chi connectivity index (χ4v) is 3.92. The van der Waals surface area contributed by atoms with E-state index in [0.29, 0.717) is 10.5 Å². The summed E-state index contributed by atoms with van der Waals surface area (Å²) in [6.07, 6.45) is 0. The van der Waals surface area contributed by atoms with Gasteiger partial charge in [0.2, 0.25) is 0 Å². The maximum atomic E-state index is 12.9. The summed E-state index contributed by atoms with van der Waals surface area (Å²) in [7, 11) is -4.14. The maximum Gasteiger partial charge on any atom is 0.358 e. The number of oxime groups is 1. The lowest BCUT2D eigenvalue weighted by atomic mass is 9.88. The molecular formula is C19H18N2O4S2. The lowest BCUT2D eigenvalue weighted by molar-refractivity contribution is -0.119. The first-order valence-corrected chi connectivity index (χ1v) is 10.4. The van der Waals surface area contributed by atoms with Crippen LogP contribution in [0, 0.1) is 5.41 Å². The number of hydrogen-bond donors (Lipinski definition) is 0. The Labute approximate surface area is 161 Å². The SMILES string of the molecule is CC(C)(C)C(=O)/C(=N\OS(=O)(=O)c1ccccc1)c1nc2ccccc2s1. The van der Waals surface area contributed by atoms with Crippen molar-refractivity contribution in [1.29, 1.82) is 0 Å². The van der Waals surface area contributed by atoms with Crippen LogP contribution in [-0.2, 0) is 19.2 Å². The van der Waals surface area contributed by atoms with Crippen molar-refractivity contribution in [2.24, 2.45) is 10.6 Å². The Hall–Kier alpha value is -2.58. The molecule has 0 saturated carbocycles. The molecule has 2 aromatic carbocycles. The number of hydrogen-bond acceptors (Lipinski definition) is 7. The Morgan fingerprint density at radius 1 is 1.04 bits per heavy atom. The van der Waals surface area contributed by atoms with E-state index < -0.39 is 15.5 Å². The van der Waals surface area contributed by atoms with Crippen LogP contribution in [0.2, 0.25) is 0 Å². The summed E-state index contributed by atoms with van der Waals surface area (Å²) in [6, 6.07) is 15.0. The second-order valence-electron chi connectivity index (χ2n) is 6.85. The minimum Gasteiger partial charge on any atom is -0.292 e. The number of carbonyl (C=O) groups excluding carboxylic acids is 1. The van der Waals surface area contributed by atoms with E-state index in [-0.39, 0.29) is 16.4 Å². The zero-order valence-corrected chi connectivity index (χ0v) is 16.7. The van der Waals surface area contributed by atoms with Gasteiger partial charge in [-0.1, -0.05) is 56.3 Å². The van der Waals surface area contributed by atoms with Crippen molar-refractivity contribution >= 4 is 43.2 Å². The number of para-hydroxylation sites is 1. The smallest absolute Gasteiger partial charge is 0.292 e. The van der Waals surface area contributed by atoms with Crippen LogP contribution in [0.25, 0.3) is 10.2 Å². The van der Waals surface area contributed by atoms with Gasteiger partial charge in [-0.25, -0.2) is 4.98 Å². The normalized spacial score (nSPS) is 12.9. The molecule has 0 aliphatic rings. The molecule has 27 heavy (non-hydrogen) atoms. The van der Waals surface area contributed by atoms with Gasteiger partial charge in [-0.15, -0.1) is 11.3 Å². The van der Waals surface area contributed by atoms with E-state index in [9.17, 15) is 13.2 Å². The molecule has 0 N–H and O–H groups in total. The molecule has 0 aliphatic heterocycles. The van der Waals surface area contributed by atoms with Crippen LogP contribution in [0.1, 0.15) is 25.8 Å². The predicted molar refractivity (Wildman–Crippen MR) is 105 cm³/mol. The van der Waals surface area contributed by atoms with Crippen molar-refractivity contribution in [2.45, 2.75) is 25.7 Å². The highest BCUT2D eigenvalue weighted by Gasteiger charge is 2.31. The van der Waals surface area contributed by atoms with Gasteiger partial charge in [-0.3, -0.25) is 9.08 Å². The van der Waals surface area contributed by atoms with Crippen molar-refractivity contribution in [2.75, 3.05) is 0 Å². The Kier molecular flexibility index (Phi) is 5.12. The van der Waals surface area contributed by atoms with Gasteiger partial charge in [0.15, 0.2) is 11.5 Å². The molecule has 0 atom stereocenters. The van der Waals surface area contributed by atoms with Gasteiger partial charge < -0.3 is 0 Å². The van der Waals surface area contributed by atoms with Gasteiger partial charge in [-0.05, 0) is 24.3 Å². The van der Waals surface area contributed by atoms with Crippen LogP contribution in [0.5, 0.6) is 0 Å². The standard InChI is InChI=1S/C19H18N2O4S2/c1-19(2,3)17(22)16(18-20-14-11-7-8-12-15(14)26-18)21-25-27(23,24)13-9-5-4-6-10-13/h4-12H,1-3H3/b21-16+. The van der Waals surface area contributed by atoms with Crippen LogP contribution >= 0.6 is 11.3 Å². The number of nitrogens with zero attached hydrogens (tertiary/aromatic N) is 2. The zero-order valence-electron chi connectivity index (χ0n) is 15.0. The number of benzene rings is 2. The summed E-state index contributed by atoms with van der Waals surface area (Å²) in [5.74, 6) is -0.357. The fraction of sp³-hybridized carbons (Fsp3) is 0.211. The number of rotatable bonds is 5. The van der Waals surface area contributed by atoms with Crippen LogP contribution in [0.4, 0.5) is 0 Å². The number of carbonyl (C=O) groups is 1. The summed E-state index contributed by atoms with van der Waals surface area (Å²) >= 11 is 1.26. The molecule has 1 aromatic heterocycles. The third-order valence-corrected chi connectivity index (χ3v) is 5.81. The fourth-order valence-electron chi connectivity index (χ4n) is 2.22. The van der Waals surface area contributed by atoms with E-state index in [1.807, 2.05) is 24.3 Å². The van der Waals surface area contributed by atoms with E-state index in [2.05, 4.69) is 10.1 Å². The second kappa shape index (κ2) is 7.21. The van der Waals surface area contributed by atoms with Crippen molar-refractivity contribution in [3.8, 4) is 0 Å². The van der Waals surface area contributed by atoms with Crippen LogP contribution < -0.4 is 0 Å². The number of Topliss-reactive ketones (excluding diaryl/α,β-unsaturated/α-hetero) is 1. The van der Waals surface area contributed by atoms with Crippen LogP contribution in [-0.4, -0.2) is 24.9 Å². The summed E-state index contributed by atoms with van der Waals surface area (Å²) < 4.78 is 30.4. The number of thiazole rings is 1. The van der Waals surface area contributed by atoms with E-state index in [0.717, 1.165) is 4.70 Å². The quantitative estimate of drug-likeness (QED) is 0.475. The molecule has 0 saturated heterocycles. The molecule has 3 aromatic rings. The van der Waals surface area contributed by atoms with E-state index in [1.54, 1.807) is 39.0 Å². The zero-order chi connectivity index (χ0) is 19.7. The number of ketones is 1. The Balaban J connectivity index is 2.05. The lowest BCUT2D eigenvalue weighted by Gasteiger charge is -2.16. The van der Waals surface area contributed by atoms with Crippen LogP contribution in [0.15, 0.2) is 64.6 Å². The highest BCUT2D eigenvalue weighted by molar-refractivity contribution is 7.86. The predicted octanol–water partition coefficient (Wildman–Crippen LogP) is 4.02. The second-order valence-corrected chi connectivity index (χ2v) is 9.41. The van der Waals surface area contributed by atoms with Crippen LogP contribution in [0.3, 0.4) is 0 Å². The molecule has 0 aliphatic carbocycles. The summed E-state index contributed by atoms with van der Waals surface area (Å²) in [6.45, 7) is 5.18. The molecule has 1 heterocycles. The maximum absolute atomic E-state index is 12.9. The average Bonchev–Trinajstić information content (AvgIpc) is 3.05. The van der Waals surface area contributed by atoms with E-state index in [4.69, 9.17) is 4.28 Å². The molecule has 0 amide bonds. The van der Waals surface area contributed by atoms with Gasteiger partial charge in [0.05, 0.1) is 10.2 Å². The minimum absolute atomic E-state index is 0.0411. The van der Waals surface area contributed by atoms with Crippen molar-refractivity contribution in [3.63, 3.8) is 0 Å². The van der Waals surface area contributed by atoms with Crippen molar-refractivity contribution in [3.05, 3.63) is 59.6 Å². The van der Waals surface area contributed by atoms with Gasteiger partial charge in [0.25, 0.3) is 0 Å². The molecule has 0 unspecified atom stereocenters. The Morgan fingerprint density at radius 2 is 1.67 bits per heavy atom. The van der Waals surface area contributed by atoms with E-state index in [1.165, 1.54) is 23.5 Å². The minimum atomic E-state index is -4.14. The van der Waals surface area contributed by atoms with Crippen molar-refractivity contribution in [1.82, 2.24) is 4.98 Å². The van der Waals surface area contributed by atoms with Gasteiger partial charge in [0, 0.05) is 5.41 Å². The molecule has 8 heteroatoms. The molecule has 140 valence electrons. The monoisotopic (exact) mass is 402 g/mol. The van der Waals surface area contributed by atoms with Gasteiger partial charge >= 0.3 is 10.1 Å². The Morgan fingerprint density at radius 3 is 2.30 bits per heavy atom. The molecule has 0 fully saturated rings. The Bertz CT molecular complexity index is 1080. The topological polar surface area (TPSA) is 85.7 Å². The van der Waals surface area contributed by atoms with E-state index >= 15 is 0 Å². The van der Waals surface area contributed by atoms with Gasteiger partial charge in [-0.2, -0.15) is 8.42 Å². The summed E-state index contributed by atoms with van der Waals surface area (Å²) in [5, 5.41) is 4.05. The first kappa shape index (κ1) is 19.2. The molecule has 0 spiro atoms. The molecule has 0 bridgehead atoms. The average molecular weight is 402 g/mol. The highest BCUT2D eigenvalue weighted by Crippen LogP contribution is 2.26. The largest absolute Gasteiger partial charge is 0.358 e. The highest BCUT2D eigenvalue weighted by atomic mass is 32.2. The molecule has 3 rings (SSSR count). The van der Waals surface area contributed by atoms with Crippen molar-refractivity contribution < 1.29 is 17.5 Å². The third-order valence-electron chi connectivity index (χ3n) is 3.65.